The molecule has 8 nitrogen and oxygen atoms in total. The summed E-state index contributed by atoms with van der Waals surface area (Å²) >= 11 is 0. The zero-order valence-corrected chi connectivity index (χ0v) is 20.4. The molecule has 0 radical (unpaired) electrons. The van der Waals surface area contributed by atoms with E-state index in [9.17, 15) is 17.6 Å². The molecule has 0 heterocycles. The van der Waals surface area contributed by atoms with Gasteiger partial charge in [-0.15, -0.1) is 0 Å². The lowest BCUT2D eigenvalue weighted by atomic mass is 10.1. The first kappa shape index (κ1) is 26.0. The molecule has 35 heavy (non-hydrogen) atoms. The van der Waals surface area contributed by atoms with Crippen molar-refractivity contribution in [3.8, 4) is 17.2 Å². The predicted molar refractivity (Wildman–Crippen MR) is 127 cm³/mol. The van der Waals surface area contributed by atoms with Crippen molar-refractivity contribution in [1.82, 2.24) is 4.90 Å². The van der Waals surface area contributed by atoms with Gasteiger partial charge in [0.25, 0.3) is 5.91 Å². The molecule has 0 bridgehead atoms. The number of carbonyl (C=O) groups is 1. The molecule has 186 valence electrons. The first-order chi connectivity index (χ1) is 16.8. The van der Waals surface area contributed by atoms with E-state index < -0.39 is 15.9 Å². The van der Waals surface area contributed by atoms with Crippen LogP contribution in [0.15, 0.2) is 71.6 Å². The van der Waals surface area contributed by atoms with Crippen LogP contribution in [0.25, 0.3) is 0 Å². The maximum Gasteiger partial charge on any atom is 0.339 e. The van der Waals surface area contributed by atoms with Gasteiger partial charge >= 0.3 is 10.1 Å². The van der Waals surface area contributed by atoms with E-state index in [1.54, 1.807) is 41.3 Å². The number of halogens is 1. The number of hydrogen-bond acceptors (Lipinski definition) is 7. The number of methoxy groups -OCH3 is 3. The van der Waals surface area contributed by atoms with Crippen molar-refractivity contribution >= 4 is 16.0 Å². The number of carbonyl (C=O) groups excluding carboxylic acids is 1. The summed E-state index contributed by atoms with van der Waals surface area (Å²) in [4.78, 5) is 14.6. The molecule has 0 atom stereocenters. The number of amides is 1. The summed E-state index contributed by atoms with van der Waals surface area (Å²) in [7, 11) is 0.183. The highest BCUT2D eigenvalue weighted by molar-refractivity contribution is 7.87. The Morgan fingerprint density at radius 3 is 2.31 bits per heavy atom. The third-order valence-electron chi connectivity index (χ3n) is 5.07. The fourth-order valence-electron chi connectivity index (χ4n) is 3.27. The van der Waals surface area contributed by atoms with Crippen molar-refractivity contribution in [1.29, 1.82) is 0 Å². The summed E-state index contributed by atoms with van der Waals surface area (Å²) in [6.45, 7) is 0.743. The largest absolute Gasteiger partial charge is 0.497 e. The topological polar surface area (TPSA) is 91.4 Å². The van der Waals surface area contributed by atoms with Gasteiger partial charge in [0.1, 0.15) is 16.5 Å². The molecule has 3 aromatic rings. The zero-order chi connectivity index (χ0) is 25.4. The van der Waals surface area contributed by atoms with E-state index in [1.807, 2.05) is 0 Å². The molecular formula is C25H26FNO7S. The third-order valence-corrected chi connectivity index (χ3v) is 6.32. The SMILES string of the molecule is COCCN(Cc1ccc(OC)c(OS(=O)(=O)c2ccc(F)cc2)c1)C(=O)c1cccc(OC)c1. The second-order valence-corrected chi connectivity index (χ2v) is 8.97. The Labute approximate surface area is 203 Å². The van der Waals surface area contributed by atoms with Gasteiger partial charge in [0, 0.05) is 25.8 Å². The molecule has 0 saturated heterocycles. The first-order valence-electron chi connectivity index (χ1n) is 10.6. The molecule has 10 heteroatoms. The van der Waals surface area contributed by atoms with Crippen LogP contribution in [0.1, 0.15) is 15.9 Å². The van der Waals surface area contributed by atoms with Crippen LogP contribution in [-0.2, 0) is 21.4 Å². The van der Waals surface area contributed by atoms with Gasteiger partial charge in [-0.25, -0.2) is 4.39 Å². The van der Waals surface area contributed by atoms with Crippen LogP contribution >= 0.6 is 0 Å². The molecule has 0 aliphatic heterocycles. The lowest BCUT2D eigenvalue weighted by molar-refractivity contribution is 0.0680. The van der Waals surface area contributed by atoms with Crippen LogP contribution in [0, 0.1) is 5.82 Å². The maximum absolute atomic E-state index is 13.2. The molecule has 1 amide bonds. The summed E-state index contributed by atoms with van der Waals surface area (Å²) in [6, 6.07) is 15.8. The lowest BCUT2D eigenvalue weighted by Crippen LogP contribution is -2.33. The smallest absolute Gasteiger partial charge is 0.339 e. The number of nitrogens with zero attached hydrogens (tertiary/aromatic N) is 1. The Morgan fingerprint density at radius 2 is 1.66 bits per heavy atom. The van der Waals surface area contributed by atoms with Gasteiger partial charge in [-0.05, 0) is 60.2 Å². The minimum atomic E-state index is -4.25. The van der Waals surface area contributed by atoms with Gasteiger partial charge in [-0.1, -0.05) is 12.1 Å². The summed E-state index contributed by atoms with van der Waals surface area (Å²) in [5, 5.41) is 0. The second kappa shape index (κ2) is 11.7. The minimum absolute atomic E-state index is 0.0603. The van der Waals surface area contributed by atoms with Crippen molar-refractivity contribution in [3.63, 3.8) is 0 Å². The Bertz CT molecular complexity index is 1260. The Hall–Kier alpha value is -3.63. The van der Waals surface area contributed by atoms with Crippen molar-refractivity contribution in [2.24, 2.45) is 0 Å². The highest BCUT2D eigenvalue weighted by Gasteiger charge is 2.21. The normalized spacial score (nSPS) is 11.1. The van der Waals surface area contributed by atoms with Gasteiger partial charge < -0.3 is 23.3 Å². The molecule has 0 fully saturated rings. The number of hydrogen-bond donors (Lipinski definition) is 0. The van der Waals surface area contributed by atoms with Crippen molar-refractivity contribution < 1.29 is 36.0 Å². The molecule has 0 N–H and O–H groups in total. The summed E-state index contributed by atoms with van der Waals surface area (Å²) < 4.78 is 59.6. The fraction of sp³-hybridized carbons (Fsp3) is 0.240. The summed E-state index contributed by atoms with van der Waals surface area (Å²) in [6.07, 6.45) is 0. The molecule has 0 saturated carbocycles. The van der Waals surface area contributed by atoms with Gasteiger partial charge in [0.15, 0.2) is 11.5 Å². The molecule has 0 unspecified atom stereocenters. The standard InChI is InChI=1S/C25H26FNO7S/c1-31-14-13-27(25(28)19-5-4-6-21(16-19)32-2)17-18-7-12-23(33-3)24(15-18)34-35(29,30)22-10-8-20(26)9-11-22/h4-12,15-16H,13-14,17H2,1-3H3. The van der Waals surface area contributed by atoms with E-state index in [4.69, 9.17) is 18.4 Å². The minimum Gasteiger partial charge on any atom is -0.497 e. The lowest BCUT2D eigenvalue weighted by Gasteiger charge is -2.23. The summed E-state index contributed by atoms with van der Waals surface area (Å²) in [5.74, 6) is -0.149. The Balaban J connectivity index is 1.89. The average Bonchev–Trinajstić information content (AvgIpc) is 2.86. The molecule has 0 spiro atoms. The first-order valence-corrected chi connectivity index (χ1v) is 12.0. The quantitative estimate of drug-likeness (QED) is 0.367. The van der Waals surface area contributed by atoms with E-state index in [0.29, 0.717) is 30.0 Å². The van der Waals surface area contributed by atoms with Crippen molar-refractivity contribution in [2.45, 2.75) is 11.4 Å². The third kappa shape index (κ3) is 6.71. The van der Waals surface area contributed by atoms with E-state index in [0.717, 1.165) is 24.3 Å². The Kier molecular flexibility index (Phi) is 8.67. The average molecular weight is 504 g/mol. The van der Waals surface area contributed by atoms with Crippen molar-refractivity contribution in [2.75, 3.05) is 34.5 Å². The van der Waals surface area contributed by atoms with E-state index in [-0.39, 0.29) is 28.8 Å². The molecular weight excluding hydrogens is 477 g/mol. The highest BCUT2D eigenvalue weighted by atomic mass is 32.2. The van der Waals surface area contributed by atoms with E-state index >= 15 is 0 Å². The van der Waals surface area contributed by atoms with Crippen LogP contribution in [-0.4, -0.2) is 53.7 Å². The molecule has 3 aromatic carbocycles. The predicted octanol–water partition coefficient (Wildman–Crippen LogP) is 3.90. The van der Waals surface area contributed by atoms with Crippen molar-refractivity contribution in [3.05, 3.63) is 83.7 Å². The van der Waals surface area contributed by atoms with Crippen LogP contribution in [0.2, 0.25) is 0 Å². The van der Waals surface area contributed by atoms with Crippen LogP contribution in [0.3, 0.4) is 0 Å². The van der Waals surface area contributed by atoms with Gasteiger partial charge in [-0.2, -0.15) is 8.42 Å². The number of ether oxygens (including phenoxy) is 3. The van der Waals surface area contributed by atoms with E-state index in [1.165, 1.54) is 27.4 Å². The Morgan fingerprint density at radius 1 is 0.914 bits per heavy atom. The zero-order valence-electron chi connectivity index (χ0n) is 19.6. The molecule has 0 aromatic heterocycles. The second-order valence-electron chi connectivity index (χ2n) is 7.43. The molecule has 3 rings (SSSR count). The van der Waals surface area contributed by atoms with Gasteiger partial charge in [-0.3, -0.25) is 4.79 Å². The highest BCUT2D eigenvalue weighted by Crippen LogP contribution is 2.31. The maximum atomic E-state index is 13.2. The monoisotopic (exact) mass is 503 g/mol. The van der Waals surface area contributed by atoms with Gasteiger partial charge in [0.2, 0.25) is 0 Å². The summed E-state index contributed by atoms with van der Waals surface area (Å²) in [5.41, 5.74) is 1.03. The number of rotatable bonds is 11. The van der Waals surface area contributed by atoms with E-state index in [2.05, 4.69) is 0 Å². The van der Waals surface area contributed by atoms with Crippen LogP contribution in [0.5, 0.6) is 17.2 Å². The van der Waals surface area contributed by atoms with Crippen LogP contribution in [0.4, 0.5) is 4.39 Å². The fourth-order valence-corrected chi connectivity index (χ4v) is 4.20. The van der Waals surface area contributed by atoms with Gasteiger partial charge in [0.05, 0.1) is 20.8 Å². The number of benzene rings is 3. The molecule has 0 aliphatic carbocycles. The van der Waals surface area contributed by atoms with Crippen LogP contribution < -0.4 is 13.7 Å². The molecule has 0 aliphatic rings.